The summed E-state index contributed by atoms with van der Waals surface area (Å²) in [7, 11) is 0. The molecular weight excluding hydrogens is 388 g/mol. The number of hydrogen-bond acceptors (Lipinski definition) is 1. The molecule has 2 aromatic carbocycles. The maximum Gasteiger partial charge on any atom is 0.175 e. The highest BCUT2D eigenvalue weighted by molar-refractivity contribution is 9.10. The zero-order valence-electron chi connectivity index (χ0n) is 10.2. The minimum atomic E-state index is 0.573. The van der Waals surface area contributed by atoms with Crippen LogP contribution < -0.4 is 10.6 Å². The highest BCUT2D eigenvalue weighted by Gasteiger charge is 2.01. The molecule has 0 fully saturated rings. The zero-order chi connectivity index (χ0) is 13.8. The number of benzene rings is 2. The van der Waals surface area contributed by atoms with Gasteiger partial charge in [-0.1, -0.05) is 31.9 Å². The SMILES string of the molecule is Cc1cc(NC(=S)Nc2ccc(Br)cc2)ccc1Br. The molecule has 0 aromatic heterocycles. The van der Waals surface area contributed by atoms with Crippen LogP contribution in [-0.4, -0.2) is 5.11 Å². The molecule has 0 bridgehead atoms. The van der Waals surface area contributed by atoms with E-state index < -0.39 is 0 Å². The summed E-state index contributed by atoms with van der Waals surface area (Å²) >= 11 is 12.2. The fourth-order valence-corrected chi connectivity index (χ4v) is 2.30. The van der Waals surface area contributed by atoms with E-state index in [0.29, 0.717) is 5.11 Å². The topological polar surface area (TPSA) is 24.1 Å². The predicted molar refractivity (Wildman–Crippen MR) is 92.9 cm³/mol. The molecule has 0 spiro atoms. The number of rotatable bonds is 2. The summed E-state index contributed by atoms with van der Waals surface area (Å²) in [4.78, 5) is 0. The smallest absolute Gasteiger partial charge is 0.175 e. The molecule has 0 aliphatic carbocycles. The summed E-state index contributed by atoms with van der Waals surface area (Å²) in [6.45, 7) is 2.04. The molecule has 2 nitrogen and oxygen atoms in total. The summed E-state index contributed by atoms with van der Waals surface area (Å²) < 4.78 is 2.13. The van der Waals surface area contributed by atoms with E-state index in [0.717, 1.165) is 25.9 Å². The predicted octanol–water partition coefficient (Wildman–Crippen LogP) is 5.33. The lowest BCUT2D eigenvalue weighted by Gasteiger charge is -2.11. The van der Waals surface area contributed by atoms with Crippen LogP contribution in [0.4, 0.5) is 11.4 Å². The third kappa shape index (κ3) is 4.30. The average molecular weight is 400 g/mol. The Morgan fingerprint density at radius 2 is 1.53 bits per heavy atom. The Morgan fingerprint density at radius 1 is 0.947 bits per heavy atom. The lowest BCUT2D eigenvalue weighted by molar-refractivity contribution is 1.43. The molecule has 0 heterocycles. The van der Waals surface area contributed by atoms with Crippen LogP contribution in [0.3, 0.4) is 0 Å². The second kappa shape index (κ2) is 6.50. The van der Waals surface area contributed by atoms with Crippen molar-refractivity contribution in [1.82, 2.24) is 0 Å². The highest BCUT2D eigenvalue weighted by atomic mass is 79.9. The van der Waals surface area contributed by atoms with Crippen LogP contribution in [0.5, 0.6) is 0 Å². The molecule has 0 atom stereocenters. The van der Waals surface area contributed by atoms with Crippen LogP contribution in [0.2, 0.25) is 0 Å². The van der Waals surface area contributed by atoms with Gasteiger partial charge in [0.05, 0.1) is 0 Å². The second-order valence-electron chi connectivity index (χ2n) is 4.05. The van der Waals surface area contributed by atoms with Crippen molar-refractivity contribution in [1.29, 1.82) is 0 Å². The molecule has 2 aromatic rings. The first kappa shape index (κ1) is 14.5. The molecule has 2 rings (SSSR count). The Hall–Kier alpha value is -0.910. The molecule has 19 heavy (non-hydrogen) atoms. The first-order chi connectivity index (χ1) is 9.04. The number of anilines is 2. The number of halogens is 2. The van der Waals surface area contributed by atoms with Crippen molar-refractivity contribution in [3.8, 4) is 0 Å². The monoisotopic (exact) mass is 398 g/mol. The van der Waals surface area contributed by atoms with Crippen molar-refractivity contribution >= 4 is 60.6 Å². The molecule has 2 N–H and O–H groups in total. The molecule has 0 amide bonds. The van der Waals surface area contributed by atoms with Gasteiger partial charge in [-0.25, -0.2) is 0 Å². The van der Waals surface area contributed by atoms with Gasteiger partial charge >= 0.3 is 0 Å². The third-order valence-corrected chi connectivity index (χ3v) is 4.14. The average Bonchev–Trinajstić information content (AvgIpc) is 2.37. The van der Waals surface area contributed by atoms with E-state index in [1.807, 2.05) is 49.4 Å². The van der Waals surface area contributed by atoms with Crippen molar-refractivity contribution in [3.63, 3.8) is 0 Å². The van der Waals surface area contributed by atoms with E-state index >= 15 is 0 Å². The standard InChI is InChI=1S/C14H12Br2N2S/c1-9-8-12(6-7-13(9)16)18-14(19)17-11-4-2-10(15)3-5-11/h2-8H,1H3,(H2,17,18,19). The Bertz CT molecular complexity index is 597. The molecule has 5 heteroatoms. The van der Waals surface area contributed by atoms with Gasteiger partial charge in [0.1, 0.15) is 0 Å². The molecule has 0 aliphatic rings. The first-order valence-corrected chi connectivity index (χ1v) is 7.64. The summed E-state index contributed by atoms with van der Waals surface area (Å²) in [6, 6.07) is 13.9. The number of thiocarbonyl (C=S) groups is 1. The van der Waals surface area contributed by atoms with E-state index in [-0.39, 0.29) is 0 Å². The van der Waals surface area contributed by atoms with Crippen molar-refractivity contribution < 1.29 is 0 Å². The molecule has 0 saturated heterocycles. The van der Waals surface area contributed by atoms with Crippen molar-refractivity contribution in [2.45, 2.75) is 6.92 Å². The van der Waals surface area contributed by atoms with Crippen LogP contribution in [0.1, 0.15) is 5.56 Å². The van der Waals surface area contributed by atoms with Gasteiger partial charge in [-0.15, -0.1) is 0 Å². The normalized spacial score (nSPS) is 10.1. The molecular formula is C14H12Br2N2S. The van der Waals surface area contributed by atoms with Crippen LogP contribution in [0.25, 0.3) is 0 Å². The van der Waals surface area contributed by atoms with E-state index in [9.17, 15) is 0 Å². The van der Waals surface area contributed by atoms with Gasteiger partial charge < -0.3 is 10.6 Å². The third-order valence-electron chi connectivity index (χ3n) is 2.52. The lowest BCUT2D eigenvalue weighted by atomic mass is 10.2. The van der Waals surface area contributed by atoms with Gasteiger partial charge in [-0.3, -0.25) is 0 Å². The summed E-state index contributed by atoms with van der Waals surface area (Å²) in [5.41, 5.74) is 3.08. The molecule has 0 aliphatic heterocycles. The van der Waals surface area contributed by atoms with Crippen molar-refractivity contribution in [2.75, 3.05) is 10.6 Å². The van der Waals surface area contributed by atoms with Gasteiger partial charge in [0, 0.05) is 20.3 Å². The van der Waals surface area contributed by atoms with Gasteiger partial charge in [0.15, 0.2) is 5.11 Å². The summed E-state index contributed by atoms with van der Waals surface area (Å²) in [5, 5.41) is 6.87. The molecule has 98 valence electrons. The second-order valence-corrected chi connectivity index (χ2v) is 6.23. The minimum absolute atomic E-state index is 0.573. The molecule has 0 saturated carbocycles. The maximum absolute atomic E-state index is 5.28. The Morgan fingerprint density at radius 3 is 2.16 bits per heavy atom. The van der Waals surface area contributed by atoms with Crippen LogP contribution in [-0.2, 0) is 0 Å². The number of aryl methyl sites for hydroxylation is 1. The quantitative estimate of drug-likeness (QED) is 0.667. The minimum Gasteiger partial charge on any atom is -0.332 e. The van der Waals surface area contributed by atoms with Gasteiger partial charge in [0.2, 0.25) is 0 Å². The Balaban J connectivity index is 2.01. The van der Waals surface area contributed by atoms with Crippen LogP contribution in [0, 0.1) is 6.92 Å². The van der Waals surface area contributed by atoms with E-state index in [2.05, 4.69) is 42.5 Å². The Labute approximate surface area is 134 Å². The highest BCUT2D eigenvalue weighted by Crippen LogP contribution is 2.20. The van der Waals surface area contributed by atoms with Crippen LogP contribution in [0.15, 0.2) is 51.4 Å². The fourth-order valence-electron chi connectivity index (χ4n) is 1.55. The summed E-state index contributed by atoms with van der Waals surface area (Å²) in [6.07, 6.45) is 0. The Kier molecular flexibility index (Phi) is 4.96. The number of hydrogen-bond donors (Lipinski definition) is 2. The zero-order valence-corrected chi connectivity index (χ0v) is 14.2. The maximum atomic E-state index is 5.28. The van der Waals surface area contributed by atoms with Gasteiger partial charge in [-0.05, 0) is 67.2 Å². The van der Waals surface area contributed by atoms with E-state index in [1.54, 1.807) is 0 Å². The van der Waals surface area contributed by atoms with E-state index in [4.69, 9.17) is 12.2 Å². The van der Waals surface area contributed by atoms with Crippen molar-refractivity contribution in [2.24, 2.45) is 0 Å². The fraction of sp³-hybridized carbons (Fsp3) is 0.0714. The lowest BCUT2D eigenvalue weighted by Crippen LogP contribution is -2.19. The first-order valence-electron chi connectivity index (χ1n) is 5.64. The van der Waals surface area contributed by atoms with Gasteiger partial charge in [-0.2, -0.15) is 0 Å². The van der Waals surface area contributed by atoms with Gasteiger partial charge in [0.25, 0.3) is 0 Å². The molecule has 0 radical (unpaired) electrons. The number of nitrogens with one attached hydrogen (secondary N) is 2. The van der Waals surface area contributed by atoms with Crippen LogP contribution >= 0.6 is 44.1 Å². The van der Waals surface area contributed by atoms with Crippen molar-refractivity contribution in [3.05, 3.63) is 57.0 Å². The van der Waals surface area contributed by atoms with E-state index in [1.165, 1.54) is 0 Å². The summed E-state index contributed by atoms with van der Waals surface area (Å²) in [5.74, 6) is 0. The largest absolute Gasteiger partial charge is 0.332 e. The molecule has 0 unspecified atom stereocenters.